The van der Waals surface area contributed by atoms with Crippen molar-refractivity contribution >= 4 is 6.09 Å². The third-order valence-corrected chi connectivity index (χ3v) is 2.37. The third kappa shape index (κ3) is 8.07. The molecule has 0 spiro atoms. The third-order valence-electron chi connectivity index (χ3n) is 2.37. The highest BCUT2D eigenvalue weighted by molar-refractivity contribution is 5.67. The average Bonchev–Trinajstić information content (AvgIpc) is 2.36. The van der Waals surface area contributed by atoms with Gasteiger partial charge in [-0.3, -0.25) is 0 Å². The van der Waals surface area contributed by atoms with Gasteiger partial charge in [-0.15, -0.1) is 0 Å². The van der Waals surface area contributed by atoms with Gasteiger partial charge in [-0.2, -0.15) is 13.2 Å². The molecule has 0 aliphatic heterocycles. The van der Waals surface area contributed by atoms with E-state index in [1.165, 1.54) is 0 Å². The van der Waals surface area contributed by atoms with E-state index in [4.69, 9.17) is 4.74 Å². The molecule has 0 saturated heterocycles. The summed E-state index contributed by atoms with van der Waals surface area (Å²) in [7, 11) is 0. The Morgan fingerprint density at radius 2 is 1.84 bits per heavy atom. The molecule has 6 heteroatoms. The standard InChI is InChI=1S/C13H16F3NO2/c14-13(15,16)8-4-5-9-17-12(18)19-10-11-6-2-1-3-7-11/h1-3,6-7H,4-5,8-10H2,(H,17,18). The Morgan fingerprint density at radius 1 is 1.16 bits per heavy atom. The summed E-state index contributed by atoms with van der Waals surface area (Å²) < 4.78 is 40.4. The Hall–Kier alpha value is -1.72. The second-order valence-electron chi connectivity index (χ2n) is 4.06. The van der Waals surface area contributed by atoms with Crippen molar-refractivity contribution in [1.82, 2.24) is 5.32 Å². The van der Waals surface area contributed by atoms with E-state index in [2.05, 4.69) is 5.32 Å². The van der Waals surface area contributed by atoms with E-state index in [0.29, 0.717) is 0 Å². The van der Waals surface area contributed by atoms with Crippen LogP contribution in [0.2, 0.25) is 0 Å². The summed E-state index contributed by atoms with van der Waals surface area (Å²) in [6, 6.07) is 9.14. The number of alkyl halides is 3. The quantitative estimate of drug-likeness (QED) is 0.805. The molecule has 0 aliphatic rings. The smallest absolute Gasteiger partial charge is 0.407 e. The van der Waals surface area contributed by atoms with Crippen LogP contribution in [-0.4, -0.2) is 18.8 Å². The molecule has 0 atom stereocenters. The maximum Gasteiger partial charge on any atom is 0.407 e. The second kappa shape index (κ2) is 7.66. The number of amides is 1. The number of carbonyl (C=O) groups excluding carboxylic acids is 1. The zero-order chi connectivity index (χ0) is 14.1. The van der Waals surface area contributed by atoms with Crippen LogP contribution in [0, 0.1) is 0 Å². The lowest BCUT2D eigenvalue weighted by molar-refractivity contribution is -0.135. The fourth-order valence-electron chi connectivity index (χ4n) is 1.42. The molecule has 0 saturated carbocycles. The van der Waals surface area contributed by atoms with Crippen LogP contribution in [-0.2, 0) is 11.3 Å². The highest BCUT2D eigenvalue weighted by Crippen LogP contribution is 2.21. The lowest BCUT2D eigenvalue weighted by atomic mass is 10.2. The summed E-state index contributed by atoms with van der Waals surface area (Å²) in [4.78, 5) is 11.2. The Morgan fingerprint density at radius 3 is 2.47 bits per heavy atom. The summed E-state index contributed by atoms with van der Waals surface area (Å²) in [6.07, 6.45) is -5.29. The summed E-state index contributed by atoms with van der Waals surface area (Å²) in [5.74, 6) is 0. The molecular weight excluding hydrogens is 259 g/mol. The molecule has 0 bridgehead atoms. The number of hydrogen-bond acceptors (Lipinski definition) is 2. The van der Waals surface area contributed by atoms with Crippen molar-refractivity contribution in [2.45, 2.75) is 32.0 Å². The molecule has 1 aromatic carbocycles. The Kier molecular flexibility index (Phi) is 6.18. The summed E-state index contributed by atoms with van der Waals surface area (Å²) in [5, 5.41) is 2.41. The number of alkyl carbamates (subject to hydrolysis) is 1. The largest absolute Gasteiger partial charge is 0.445 e. The minimum Gasteiger partial charge on any atom is -0.445 e. The van der Waals surface area contributed by atoms with Gasteiger partial charge in [0.05, 0.1) is 0 Å². The Labute approximate surface area is 109 Å². The molecular formula is C13H16F3NO2. The molecule has 1 amide bonds. The molecule has 3 nitrogen and oxygen atoms in total. The van der Waals surface area contributed by atoms with Gasteiger partial charge >= 0.3 is 12.3 Å². The van der Waals surface area contributed by atoms with E-state index in [9.17, 15) is 18.0 Å². The fourth-order valence-corrected chi connectivity index (χ4v) is 1.42. The highest BCUT2D eigenvalue weighted by Gasteiger charge is 2.25. The number of unbranched alkanes of at least 4 members (excludes halogenated alkanes) is 1. The Balaban J connectivity index is 2.06. The number of rotatable bonds is 6. The molecule has 1 rings (SSSR count). The van der Waals surface area contributed by atoms with Crippen molar-refractivity contribution in [3.05, 3.63) is 35.9 Å². The van der Waals surface area contributed by atoms with Crippen LogP contribution in [0.4, 0.5) is 18.0 Å². The highest BCUT2D eigenvalue weighted by atomic mass is 19.4. The van der Waals surface area contributed by atoms with Crippen LogP contribution in [0.25, 0.3) is 0 Å². The molecule has 0 radical (unpaired) electrons. The van der Waals surface area contributed by atoms with Gasteiger partial charge in [0, 0.05) is 13.0 Å². The van der Waals surface area contributed by atoms with Gasteiger partial charge < -0.3 is 10.1 Å². The van der Waals surface area contributed by atoms with E-state index >= 15 is 0 Å². The van der Waals surface area contributed by atoms with Gasteiger partial charge in [-0.05, 0) is 18.4 Å². The molecule has 0 fully saturated rings. The van der Waals surface area contributed by atoms with Crippen LogP contribution in [0.5, 0.6) is 0 Å². The average molecular weight is 275 g/mol. The first-order valence-electron chi connectivity index (χ1n) is 5.99. The zero-order valence-corrected chi connectivity index (χ0v) is 10.4. The fraction of sp³-hybridized carbons (Fsp3) is 0.462. The van der Waals surface area contributed by atoms with E-state index in [-0.39, 0.29) is 26.0 Å². The number of carbonyl (C=O) groups is 1. The van der Waals surface area contributed by atoms with Gasteiger partial charge in [0.2, 0.25) is 0 Å². The molecule has 0 aromatic heterocycles. The first kappa shape index (κ1) is 15.3. The second-order valence-corrected chi connectivity index (χ2v) is 4.06. The van der Waals surface area contributed by atoms with Crippen molar-refractivity contribution in [3.63, 3.8) is 0 Å². The maximum atomic E-state index is 11.8. The van der Waals surface area contributed by atoms with E-state index in [1.54, 1.807) is 0 Å². The molecule has 0 heterocycles. The van der Waals surface area contributed by atoms with E-state index in [1.807, 2.05) is 30.3 Å². The molecule has 0 aliphatic carbocycles. The van der Waals surface area contributed by atoms with Crippen LogP contribution in [0.15, 0.2) is 30.3 Å². The molecule has 106 valence electrons. The number of halogens is 3. The SMILES string of the molecule is O=C(NCCCCC(F)(F)F)OCc1ccccc1. The van der Waals surface area contributed by atoms with E-state index in [0.717, 1.165) is 5.56 Å². The summed E-state index contributed by atoms with van der Waals surface area (Å²) in [6.45, 7) is 0.332. The number of nitrogens with one attached hydrogen (secondary N) is 1. The first-order valence-corrected chi connectivity index (χ1v) is 5.99. The van der Waals surface area contributed by atoms with Gasteiger partial charge in [0.1, 0.15) is 6.61 Å². The molecule has 19 heavy (non-hydrogen) atoms. The monoisotopic (exact) mass is 275 g/mol. The van der Waals surface area contributed by atoms with E-state index < -0.39 is 18.7 Å². The van der Waals surface area contributed by atoms with Crippen molar-refractivity contribution in [2.24, 2.45) is 0 Å². The minimum atomic E-state index is -4.13. The number of hydrogen-bond donors (Lipinski definition) is 1. The number of benzene rings is 1. The van der Waals surface area contributed by atoms with Gasteiger partial charge in [0.15, 0.2) is 0 Å². The topological polar surface area (TPSA) is 38.3 Å². The van der Waals surface area contributed by atoms with Crippen molar-refractivity contribution in [1.29, 1.82) is 0 Å². The van der Waals surface area contributed by atoms with Gasteiger partial charge in [0.25, 0.3) is 0 Å². The van der Waals surface area contributed by atoms with Crippen LogP contribution >= 0.6 is 0 Å². The predicted molar refractivity (Wildman–Crippen MR) is 64.5 cm³/mol. The van der Waals surface area contributed by atoms with Crippen molar-refractivity contribution < 1.29 is 22.7 Å². The van der Waals surface area contributed by atoms with Crippen molar-refractivity contribution in [2.75, 3.05) is 6.54 Å². The molecule has 1 N–H and O–H groups in total. The van der Waals surface area contributed by atoms with Crippen LogP contribution < -0.4 is 5.32 Å². The van der Waals surface area contributed by atoms with Crippen molar-refractivity contribution in [3.8, 4) is 0 Å². The normalized spacial score (nSPS) is 11.1. The van der Waals surface area contributed by atoms with Crippen LogP contribution in [0.1, 0.15) is 24.8 Å². The van der Waals surface area contributed by atoms with Gasteiger partial charge in [-0.25, -0.2) is 4.79 Å². The predicted octanol–water partition coefficient (Wildman–Crippen LogP) is 3.65. The maximum absolute atomic E-state index is 11.8. The van der Waals surface area contributed by atoms with Crippen LogP contribution in [0.3, 0.4) is 0 Å². The molecule has 1 aromatic rings. The summed E-state index contributed by atoms with van der Waals surface area (Å²) >= 11 is 0. The summed E-state index contributed by atoms with van der Waals surface area (Å²) in [5.41, 5.74) is 0.856. The van der Waals surface area contributed by atoms with Gasteiger partial charge in [-0.1, -0.05) is 30.3 Å². The zero-order valence-electron chi connectivity index (χ0n) is 10.4. The molecule has 0 unspecified atom stereocenters. The first-order chi connectivity index (χ1) is 8.97. The number of ether oxygens (including phenoxy) is 1. The minimum absolute atomic E-state index is 0.00245. The lowest BCUT2D eigenvalue weighted by Gasteiger charge is -2.08. The lowest BCUT2D eigenvalue weighted by Crippen LogP contribution is -2.25. The Bertz CT molecular complexity index is 379.